The van der Waals surface area contributed by atoms with Crippen molar-refractivity contribution in [3.05, 3.63) is 53.0 Å². The topological polar surface area (TPSA) is 71.0 Å². The Hall–Kier alpha value is -2.32. The summed E-state index contributed by atoms with van der Waals surface area (Å²) in [4.78, 5) is 31.6. The Morgan fingerprint density at radius 1 is 1.21 bits per heavy atom. The first-order chi connectivity index (χ1) is 14.0. The minimum absolute atomic E-state index is 0.105. The summed E-state index contributed by atoms with van der Waals surface area (Å²) < 4.78 is 6.38. The van der Waals surface area contributed by atoms with Crippen molar-refractivity contribution in [3.63, 3.8) is 0 Å². The summed E-state index contributed by atoms with van der Waals surface area (Å²) >= 11 is 4.68. The number of aliphatic imine (C=N–C) groups is 1. The van der Waals surface area contributed by atoms with E-state index in [2.05, 4.69) is 26.2 Å². The maximum Gasteiger partial charge on any atom is 0.238 e. The molecule has 6 nitrogen and oxygen atoms in total. The average molecular weight is 476 g/mol. The van der Waals surface area contributed by atoms with Crippen LogP contribution in [0.4, 0.5) is 11.4 Å². The van der Waals surface area contributed by atoms with Crippen molar-refractivity contribution < 1.29 is 14.3 Å². The number of amidine groups is 1. The molecule has 2 aromatic rings. The summed E-state index contributed by atoms with van der Waals surface area (Å²) in [6, 6.07) is 14.7. The van der Waals surface area contributed by atoms with E-state index in [1.54, 1.807) is 4.90 Å². The molecule has 1 fully saturated rings. The van der Waals surface area contributed by atoms with Crippen LogP contribution in [0.2, 0.25) is 0 Å². The second kappa shape index (κ2) is 9.93. The lowest BCUT2D eigenvalue weighted by atomic mass is 10.2. The number of thioether (sulfide) groups is 1. The first kappa shape index (κ1) is 21.4. The van der Waals surface area contributed by atoms with Crippen molar-refractivity contribution >= 4 is 56.0 Å². The standard InChI is InChI=1S/C21H22BrN3O3S/c1-3-25-19(26)13-18(20(27)23-15-7-5-14(22)6-8-15)29-21(25)24-16-9-11-17(12-10-16)28-4-2/h5-12,18H,3-4,13H2,1-2H3,(H,23,27). The van der Waals surface area contributed by atoms with Gasteiger partial charge in [0.2, 0.25) is 11.8 Å². The zero-order valence-corrected chi connectivity index (χ0v) is 18.6. The van der Waals surface area contributed by atoms with E-state index in [1.165, 1.54) is 11.8 Å². The highest BCUT2D eigenvalue weighted by Crippen LogP contribution is 2.30. The molecule has 2 aromatic carbocycles. The van der Waals surface area contributed by atoms with Crippen molar-refractivity contribution in [2.24, 2.45) is 4.99 Å². The third kappa shape index (κ3) is 5.61. The van der Waals surface area contributed by atoms with Gasteiger partial charge in [-0.2, -0.15) is 0 Å². The second-order valence-corrected chi connectivity index (χ2v) is 8.35. The van der Waals surface area contributed by atoms with E-state index in [0.29, 0.717) is 29.7 Å². The lowest BCUT2D eigenvalue weighted by molar-refractivity contribution is -0.129. The number of carbonyl (C=O) groups is 2. The number of hydrogen-bond donors (Lipinski definition) is 1. The van der Waals surface area contributed by atoms with Gasteiger partial charge in [-0.3, -0.25) is 14.5 Å². The highest BCUT2D eigenvalue weighted by molar-refractivity contribution is 9.10. The Bertz CT molecular complexity index is 900. The second-order valence-electron chi connectivity index (χ2n) is 6.27. The molecule has 152 valence electrons. The summed E-state index contributed by atoms with van der Waals surface area (Å²) in [6.07, 6.45) is 0.142. The van der Waals surface area contributed by atoms with Gasteiger partial charge in [0.05, 0.1) is 12.3 Å². The first-order valence-electron chi connectivity index (χ1n) is 9.35. The highest BCUT2D eigenvalue weighted by atomic mass is 79.9. The van der Waals surface area contributed by atoms with Crippen LogP contribution in [0.3, 0.4) is 0 Å². The van der Waals surface area contributed by atoms with Gasteiger partial charge in [0.1, 0.15) is 11.0 Å². The highest BCUT2D eigenvalue weighted by Gasteiger charge is 2.35. The van der Waals surface area contributed by atoms with E-state index in [1.807, 2.05) is 62.4 Å². The Morgan fingerprint density at radius 3 is 2.52 bits per heavy atom. The molecule has 0 aliphatic carbocycles. The van der Waals surface area contributed by atoms with Crippen molar-refractivity contribution in [2.45, 2.75) is 25.5 Å². The molecule has 1 aliphatic heterocycles. The maximum atomic E-state index is 12.7. The third-order valence-corrected chi connectivity index (χ3v) is 5.95. The number of anilines is 1. The molecular weight excluding hydrogens is 454 g/mol. The van der Waals surface area contributed by atoms with Gasteiger partial charge in [-0.25, -0.2) is 4.99 Å². The first-order valence-corrected chi connectivity index (χ1v) is 11.0. The fourth-order valence-corrected chi connectivity index (χ4v) is 4.23. The third-order valence-electron chi connectivity index (χ3n) is 4.23. The minimum atomic E-state index is -0.532. The van der Waals surface area contributed by atoms with E-state index in [0.717, 1.165) is 10.2 Å². The lowest BCUT2D eigenvalue weighted by Gasteiger charge is -2.30. The summed E-state index contributed by atoms with van der Waals surface area (Å²) in [6.45, 7) is 4.92. The normalized spacial score (nSPS) is 18.0. The lowest BCUT2D eigenvalue weighted by Crippen LogP contribution is -2.45. The fraction of sp³-hybridized carbons (Fsp3) is 0.286. The van der Waals surface area contributed by atoms with Crippen LogP contribution < -0.4 is 10.1 Å². The zero-order chi connectivity index (χ0) is 20.8. The van der Waals surface area contributed by atoms with Crippen LogP contribution in [-0.2, 0) is 9.59 Å². The fourth-order valence-electron chi connectivity index (χ4n) is 2.80. The van der Waals surface area contributed by atoms with Crippen LogP contribution in [0.5, 0.6) is 5.75 Å². The van der Waals surface area contributed by atoms with Gasteiger partial charge in [0.25, 0.3) is 0 Å². The molecule has 1 atom stereocenters. The number of amides is 2. The van der Waals surface area contributed by atoms with Crippen LogP contribution in [0.25, 0.3) is 0 Å². The van der Waals surface area contributed by atoms with Crippen LogP contribution in [0, 0.1) is 0 Å². The van der Waals surface area contributed by atoms with Gasteiger partial charge in [-0.1, -0.05) is 27.7 Å². The summed E-state index contributed by atoms with van der Waals surface area (Å²) in [5.41, 5.74) is 1.39. The average Bonchev–Trinajstić information content (AvgIpc) is 2.71. The number of benzene rings is 2. The summed E-state index contributed by atoms with van der Waals surface area (Å²) in [5, 5.41) is 2.87. The molecule has 29 heavy (non-hydrogen) atoms. The van der Waals surface area contributed by atoms with Gasteiger partial charge < -0.3 is 10.1 Å². The number of rotatable bonds is 6. The summed E-state index contributed by atoms with van der Waals surface area (Å²) in [7, 11) is 0. The number of hydrogen-bond acceptors (Lipinski definition) is 5. The van der Waals surface area contributed by atoms with Crippen LogP contribution in [0.15, 0.2) is 58.0 Å². The number of ether oxygens (including phenoxy) is 1. The Balaban J connectivity index is 1.77. The largest absolute Gasteiger partial charge is 0.494 e. The molecule has 0 bridgehead atoms. The number of halogens is 1. The van der Waals surface area contributed by atoms with Gasteiger partial charge >= 0.3 is 0 Å². The van der Waals surface area contributed by atoms with Crippen molar-refractivity contribution in [1.29, 1.82) is 0 Å². The molecule has 0 radical (unpaired) electrons. The van der Waals surface area contributed by atoms with E-state index in [4.69, 9.17) is 4.74 Å². The minimum Gasteiger partial charge on any atom is -0.494 e. The van der Waals surface area contributed by atoms with E-state index in [9.17, 15) is 9.59 Å². The molecular formula is C21H22BrN3O3S. The van der Waals surface area contributed by atoms with Crippen LogP contribution in [0.1, 0.15) is 20.3 Å². The molecule has 1 heterocycles. The molecule has 0 spiro atoms. The quantitative estimate of drug-likeness (QED) is 0.649. The monoisotopic (exact) mass is 475 g/mol. The predicted molar refractivity (Wildman–Crippen MR) is 121 cm³/mol. The molecule has 1 saturated heterocycles. The molecule has 0 saturated carbocycles. The van der Waals surface area contributed by atoms with E-state index >= 15 is 0 Å². The van der Waals surface area contributed by atoms with Crippen molar-refractivity contribution in [2.75, 3.05) is 18.5 Å². The zero-order valence-electron chi connectivity index (χ0n) is 16.2. The molecule has 1 N–H and O–H groups in total. The van der Waals surface area contributed by atoms with Crippen molar-refractivity contribution in [3.8, 4) is 5.75 Å². The maximum absolute atomic E-state index is 12.7. The number of nitrogens with zero attached hydrogens (tertiary/aromatic N) is 2. The Labute approximate surface area is 182 Å². The smallest absolute Gasteiger partial charge is 0.238 e. The predicted octanol–water partition coefficient (Wildman–Crippen LogP) is 4.83. The SMILES string of the molecule is CCOc1ccc(N=C2SC(C(=O)Nc3ccc(Br)cc3)CC(=O)N2CC)cc1. The van der Waals surface area contributed by atoms with Gasteiger partial charge in [0, 0.05) is 23.1 Å². The number of nitrogens with one attached hydrogen (secondary N) is 1. The van der Waals surface area contributed by atoms with Crippen molar-refractivity contribution in [1.82, 2.24) is 4.90 Å². The Kier molecular flexibility index (Phi) is 7.33. The molecule has 1 unspecified atom stereocenters. The molecule has 1 aliphatic rings. The molecule has 2 amide bonds. The molecule has 0 aromatic heterocycles. The van der Waals surface area contributed by atoms with Crippen LogP contribution >= 0.6 is 27.7 Å². The van der Waals surface area contributed by atoms with Gasteiger partial charge in [0.15, 0.2) is 5.17 Å². The number of carbonyl (C=O) groups excluding carboxylic acids is 2. The van der Waals surface area contributed by atoms with Crippen LogP contribution in [-0.4, -0.2) is 40.3 Å². The molecule has 3 rings (SSSR count). The van der Waals surface area contributed by atoms with E-state index in [-0.39, 0.29) is 18.2 Å². The van der Waals surface area contributed by atoms with Gasteiger partial charge in [-0.05, 0) is 62.4 Å². The Morgan fingerprint density at radius 2 is 1.90 bits per heavy atom. The summed E-state index contributed by atoms with van der Waals surface area (Å²) in [5.74, 6) is 0.454. The van der Waals surface area contributed by atoms with E-state index < -0.39 is 5.25 Å². The molecule has 8 heteroatoms. The van der Waals surface area contributed by atoms with Gasteiger partial charge in [-0.15, -0.1) is 0 Å².